The Morgan fingerprint density at radius 2 is 2.11 bits per heavy atom. The zero-order valence-electron chi connectivity index (χ0n) is 12.2. The van der Waals surface area contributed by atoms with Gasteiger partial charge in [0.05, 0.1) is 6.20 Å². The highest BCUT2D eigenvalue weighted by Gasteiger charge is 2.15. The Labute approximate surface area is 119 Å². The van der Waals surface area contributed by atoms with E-state index >= 15 is 0 Å². The molecule has 19 heavy (non-hydrogen) atoms. The van der Waals surface area contributed by atoms with Crippen molar-refractivity contribution < 1.29 is 0 Å². The van der Waals surface area contributed by atoms with Crippen molar-refractivity contribution >= 4 is 11.3 Å². The minimum absolute atomic E-state index is 0.263. The number of nitrogens with one attached hydrogen (secondary N) is 1. The van der Waals surface area contributed by atoms with Crippen LogP contribution in [0.25, 0.3) is 0 Å². The average Bonchev–Trinajstić information content (AvgIpc) is 2.93. The molecule has 0 bridgehead atoms. The normalized spacial score (nSPS) is 12.0. The number of thiophene rings is 1. The molecule has 0 atom stereocenters. The molecular weight excluding hydrogens is 254 g/mol. The predicted molar refractivity (Wildman–Crippen MR) is 81.6 cm³/mol. The van der Waals surface area contributed by atoms with Crippen LogP contribution < -0.4 is 5.32 Å². The maximum atomic E-state index is 4.17. The van der Waals surface area contributed by atoms with Crippen LogP contribution in [0.4, 0.5) is 0 Å². The van der Waals surface area contributed by atoms with E-state index in [9.17, 15) is 0 Å². The summed E-state index contributed by atoms with van der Waals surface area (Å²) in [6.07, 6.45) is 5.04. The molecule has 0 saturated carbocycles. The fourth-order valence-electron chi connectivity index (χ4n) is 1.92. The topological polar surface area (TPSA) is 29.9 Å². The summed E-state index contributed by atoms with van der Waals surface area (Å²) in [6.45, 7) is 8.74. The molecular formula is C15H23N3S. The van der Waals surface area contributed by atoms with Crippen molar-refractivity contribution in [2.24, 2.45) is 7.05 Å². The highest BCUT2D eigenvalue weighted by atomic mass is 32.1. The van der Waals surface area contributed by atoms with Crippen LogP contribution in [0.3, 0.4) is 0 Å². The smallest absolute Gasteiger partial charge is 0.0522 e. The predicted octanol–water partition coefficient (Wildman–Crippen LogP) is 3.11. The second kappa shape index (κ2) is 5.88. The molecule has 2 aromatic rings. The number of hydrogen-bond donors (Lipinski definition) is 1. The maximum Gasteiger partial charge on any atom is 0.0522 e. The van der Waals surface area contributed by atoms with E-state index in [4.69, 9.17) is 0 Å². The third kappa shape index (κ3) is 4.18. The number of aromatic nitrogens is 2. The van der Waals surface area contributed by atoms with Gasteiger partial charge in [-0.15, -0.1) is 11.3 Å². The second-order valence-corrected chi connectivity index (χ2v) is 7.13. The van der Waals surface area contributed by atoms with Gasteiger partial charge in [0.15, 0.2) is 0 Å². The second-order valence-electron chi connectivity index (χ2n) is 5.96. The SMILES string of the molecule is Cn1cc(CCNCc2ccc(C(C)(C)C)s2)cn1. The fraction of sp³-hybridized carbons (Fsp3) is 0.533. The van der Waals surface area contributed by atoms with Gasteiger partial charge >= 0.3 is 0 Å². The van der Waals surface area contributed by atoms with Crippen LogP contribution in [-0.4, -0.2) is 16.3 Å². The lowest BCUT2D eigenvalue weighted by Crippen LogP contribution is -2.15. The van der Waals surface area contributed by atoms with Crippen molar-refractivity contribution in [3.8, 4) is 0 Å². The third-order valence-corrected chi connectivity index (χ3v) is 4.56. The molecule has 2 aromatic heterocycles. The summed E-state index contributed by atoms with van der Waals surface area (Å²) in [5, 5.41) is 7.67. The van der Waals surface area contributed by atoms with Crippen LogP contribution in [0, 0.1) is 0 Å². The van der Waals surface area contributed by atoms with Gasteiger partial charge in [0.25, 0.3) is 0 Å². The Morgan fingerprint density at radius 1 is 1.32 bits per heavy atom. The highest BCUT2D eigenvalue weighted by molar-refractivity contribution is 7.12. The average molecular weight is 277 g/mol. The zero-order valence-corrected chi connectivity index (χ0v) is 13.0. The Morgan fingerprint density at radius 3 is 2.68 bits per heavy atom. The van der Waals surface area contributed by atoms with E-state index < -0.39 is 0 Å². The summed E-state index contributed by atoms with van der Waals surface area (Å²) in [4.78, 5) is 2.87. The molecule has 1 N–H and O–H groups in total. The first kappa shape index (κ1) is 14.3. The van der Waals surface area contributed by atoms with Crippen LogP contribution >= 0.6 is 11.3 Å². The molecule has 0 radical (unpaired) electrons. The first-order chi connectivity index (χ1) is 8.95. The van der Waals surface area contributed by atoms with Gasteiger partial charge in [-0.25, -0.2) is 0 Å². The summed E-state index contributed by atoms with van der Waals surface area (Å²) in [6, 6.07) is 4.49. The molecule has 0 spiro atoms. The van der Waals surface area contributed by atoms with Crippen LogP contribution in [0.2, 0.25) is 0 Å². The minimum atomic E-state index is 0.263. The number of hydrogen-bond acceptors (Lipinski definition) is 3. The lowest BCUT2D eigenvalue weighted by Gasteiger charge is -2.15. The van der Waals surface area contributed by atoms with Crippen molar-refractivity contribution in [3.63, 3.8) is 0 Å². The van der Waals surface area contributed by atoms with E-state index in [0.29, 0.717) is 0 Å². The molecule has 0 aliphatic carbocycles. The first-order valence-electron chi connectivity index (χ1n) is 6.72. The molecule has 0 aliphatic rings. The molecule has 0 saturated heterocycles. The quantitative estimate of drug-likeness (QED) is 0.851. The Balaban J connectivity index is 1.75. The van der Waals surface area contributed by atoms with Gasteiger partial charge in [-0.2, -0.15) is 5.10 Å². The lowest BCUT2D eigenvalue weighted by atomic mass is 9.95. The summed E-state index contributed by atoms with van der Waals surface area (Å²) >= 11 is 1.91. The van der Waals surface area contributed by atoms with Crippen molar-refractivity contribution in [1.29, 1.82) is 0 Å². The minimum Gasteiger partial charge on any atom is -0.312 e. The van der Waals surface area contributed by atoms with E-state index in [1.54, 1.807) is 0 Å². The Bertz CT molecular complexity index is 519. The molecule has 2 heterocycles. The first-order valence-corrected chi connectivity index (χ1v) is 7.54. The van der Waals surface area contributed by atoms with E-state index in [0.717, 1.165) is 19.5 Å². The number of rotatable bonds is 5. The van der Waals surface area contributed by atoms with Gasteiger partial charge in [0.2, 0.25) is 0 Å². The van der Waals surface area contributed by atoms with Crippen LogP contribution in [0.1, 0.15) is 36.1 Å². The van der Waals surface area contributed by atoms with Gasteiger partial charge in [0, 0.05) is 29.5 Å². The lowest BCUT2D eigenvalue weighted by molar-refractivity contribution is 0.604. The van der Waals surface area contributed by atoms with Crippen molar-refractivity contribution in [1.82, 2.24) is 15.1 Å². The molecule has 104 valence electrons. The number of nitrogens with zero attached hydrogens (tertiary/aromatic N) is 2. The number of aryl methyl sites for hydroxylation is 1. The van der Waals surface area contributed by atoms with E-state index in [-0.39, 0.29) is 5.41 Å². The summed E-state index contributed by atoms with van der Waals surface area (Å²) < 4.78 is 1.85. The van der Waals surface area contributed by atoms with Gasteiger partial charge in [-0.3, -0.25) is 4.68 Å². The van der Waals surface area contributed by atoms with Gasteiger partial charge < -0.3 is 5.32 Å². The van der Waals surface area contributed by atoms with Gasteiger partial charge in [-0.05, 0) is 36.1 Å². The molecule has 2 rings (SSSR count). The Kier molecular flexibility index (Phi) is 4.42. The molecule has 3 nitrogen and oxygen atoms in total. The molecule has 0 fully saturated rings. The van der Waals surface area contributed by atoms with E-state index in [1.807, 2.05) is 29.3 Å². The van der Waals surface area contributed by atoms with E-state index in [1.165, 1.54) is 15.3 Å². The largest absolute Gasteiger partial charge is 0.312 e. The molecule has 0 aromatic carbocycles. The van der Waals surface area contributed by atoms with Crippen LogP contribution in [-0.2, 0) is 25.4 Å². The molecule has 0 aliphatic heterocycles. The third-order valence-electron chi connectivity index (χ3n) is 3.05. The highest BCUT2D eigenvalue weighted by Crippen LogP contribution is 2.29. The Hall–Kier alpha value is -1.13. The standard InChI is InChI=1S/C15H23N3S/c1-15(2,3)14-6-5-13(19-14)10-16-8-7-12-9-17-18(4)11-12/h5-6,9,11,16H,7-8,10H2,1-4H3. The van der Waals surface area contributed by atoms with Gasteiger partial charge in [0.1, 0.15) is 0 Å². The van der Waals surface area contributed by atoms with Crippen molar-refractivity contribution in [2.75, 3.05) is 6.54 Å². The monoisotopic (exact) mass is 277 g/mol. The van der Waals surface area contributed by atoms with Crippen LogP contribution in [0.15, 0.2) is 24.5 Å². The van der Waals surface area contributed by atoms with E-state index in [2.05, 4.69) is 49.5 Å². The molecule has 0 unspecified atom stereocenters. The molecule has 0 amide bonds. The maximum absolute atomic E-state index is 4.17. The van der Waals surface area contributed by atoms with Gasteiger partial charge in [-0.1, -0.05) is 20.8 Å². The summed E-state index contributed by atoms with van der Waals surface area (Å²) in [5.74, 6) is 0. The fourth-order valence-corrected chi connectivity index (χ4v) is 2.96. The zero-order chi connectivity index (χ0) is 13.9. The molecule has 4 heteroatoms. The van der Waals surface area contributed by atoms with Crippen LogP contribution in [0.5, 0.6) is 0 Å². The summed E-state index contributed by atoms with van der Waals surface area (Å²) in [7, 11) is 1.95. The van der Waals surface area contributed by atoms with Crippen molar-refractivity contribution in [3.05, 3.63) is 39.8 Å². The van der Waals surface area contributed by atoms with Crippen molar-refractivity contribution in [2.45, 2.75) is 39.2 Å². The summed E-state index contributed by atoms with van der Waals surface area (Å²) in [5.41, 5.74) is 1.55.